The third-order valence-corrected chi connectivity index (χ3v) is 9.45. The van der Waals surface area contributed by atoms with E-state index in [-0.39, 0.29) is 31.6 Å². The van der Waals surface area contributed by atoms with Crippen LogP contribution in [0.15, 0.2) is 72.9 Å². The van der Waals surface area contributed by atoms with Gasteiger partial charge in [-0.05, 0) is 83.5 Å². The molecule has 0 bridgehead atoms. The topological polar surface area (TPSA) is 72.8 Å². The van der Waals surface area contributed by atoms with Gasteiger partial charge in [-0.1, -0.05) is 183 Å². The number of carbonyl (C=O) groups excluding carboxylic acids is 2. The lowest BCUT2D eigenvalue weighted by molar-refractivity contribution is -0.161. The molecule has 0 amide bonds. The van der Waals surface area contributed by atoms with E-state index in [1.807, 2.05) is 0 Å². The zero-order chi connectivity index (χ0) is 39.3. The summed E-state index contributed by atoms with van der Waals surface area (Å²) in [6, 6.07) is 0. The van der Waals surface area contributed by atoms with Gasteiger partial charge in [-0.3, -0.25) is 9.59 Å². The van der Waals surface area contributed by atoms with Crippen LogP contribution in [0.2, 0.25) is 0 Å². The number of unbranched alkanes of at least 4 members (excludes halogenated alkanes) is 20. The number of rotatable bonds is 40. The van der Waals surface area contributed by atoms with E-state index in [1.165, 1.54) is 122 Å². The third kappa shape index (κ3) is 42.1. The molecule has 0 aromatic rings. The first-order valence-corrected chi connectivity index (χ1v) is 22.5. The molecule has 0 fully saturated rings. The average molecular weight is 753 g/mol. The SMILES string of the molecule is CCCCC/C=C/C/C=C/C/C=C/C/C=C/CCCC(=O)OC[C@H](CO)OC(=O)CCC/C=C/CC/C=C/CCCCCCCCCCCCCCCC. The molecule has 0 heterocycles. The van der Waals surface area contributed by atoms with E-state index in [2.05, 4.69) is 86.8 Å². The van der Waals surface area contributed by atoms with Crippen LogP contribution in [-0.2, 0) is 19.1 Å². The van der Waals surface area contributed by atoms with E-state index in [1.54, 1.807) is 0 Å². The van der Waals surface area contributed by atoms with E-state index in [0.717, 1.165) is 44.9 Å². The molecule has 0 aromatic heterocycles. The molecule has 310 valence electrons. The smallest absolute Gasteiger partial charge is 0.306 e. The maximum absolute atomic E-state index is 12.2. The van der Waals surface area contributed by atoms with E-state index >= 15 is 0 Å². The number of ether oxygens (including phenoxy) is 2. The summed E-state index contributed by atoms with van der Waals surface area (Å²) in [4.78, 5) is 24.3. The minimum absolute atomic E-state index is 0.113. The van der Waals surface area contributed by atoms with Gasteiger partial charge in [0.25, 0.3) is 0 Å². The fourth-order valence-corrected chi connectivity index (χ4v) is 6.04. The summed E-state index contributed by atoms with van der Waals surface area (Å²) < 4.78 is 10.6. The Morgan fingerprint density at radius 1 is 0.426 bits per heavy atom. The standard InChI is InChI=1S/C49H84O5/c1-3-5-7-9-11-13-15-17-19-21-22-23-24-25-26-28-30-32-34-36-38-40-42-44-49(52)54-47(45-50)46-53-48(51)43-41-39-37-35-33-31-29-27-20-18-16-14-12-10-8-6-4-2/h12,14,18,20,28-31,35-38,47,50H,3-11,13,15-17,19,21-27,32-34,39-46H2,1-2H3/b14-12+,20-18+,30-28+,31-29+,37-35+,38-36+/t47-/m0/s1. The van der Waals surface area contributed by atoms with Gasteiger partial charge in [0.15, 0.2) is 6.10 Å². The van der Waals surface area contributed by atoms with Crippen LogP contribution in [0.1, 0.15) is 206 Å². The molecule has 5 nitrogen and oxygen atoms in total. The van der Waals surface area contributed by atoms with Crippen molar-refractivity contribution < 1.29 is 24.2 Å². The van der Waals surface area contributed by atoms with Gasteiger partial charge in [0, 0.05) is 12.8 Å². The Hall–Kier alpha value is -2.66. The molecule has 0 rings (SSSR count). The Morgan fingerprint density at radius 2 is 0.759 bits per heavy atom. The highest BCUT2D eigenvalue weighted by Crippen LogP contribution is 2.14. The van der Waals surface area contributed by atoms with Crippen LogP contribution in [-0.4, -0.2) is 36.4 Å². The largest absolute Gasteiger partial charge is 0.462 e. The van der Waals surface area contributed by atoms with Gasteiger partial charge in [-0.25, -0.2) is 0 Å². The lowest BCUT2D eigenvalue weighted by atomic mass is 10.0. The maximum Gasteiger partial charge on any atom is 0.306 e. The summed E-state index contributed by atoms with van der Waals surface area (Å²) in [5, 5.41) is 9.57. The predicted octanol–water partition coefficient (Wildman–Crippen LogP) is 14.5. The first-order chi connectivity index (χ1) is 26.6. The summed E-state index contributed by atoms with van der Waals surface area (Å²) in [7, 11) is 0. The number of hydrogen-bond acceptors (Lipinski definition) is 5. The van der Waals surface area contributed by atoms with Gasteiger partial charge >= 0.3 is 11.9 Å². The number of aliphatic hydroxyl groups is 1. The molecule has 54 heavy (non-hydrogen) atoms. The summed E-state index contributed by atoms with van der Waals surface area (Å²) in [5.74, 6) is -0.708. The molecule has 0 aromatic carbocycles. The maximum atomic E-state index is 12.2. The van der Waals surface area contributed by atoms with Gasteiger partial charge in [-0.2, -0.15) is 0 Å². The number of carbonyl (C=O) groups is 2. The third-order valence-electron chi connectivity index (χ3n) is 9.45. The lowest BCUT2D eigenvalue weighted by Crippen LogP contribution is -2.28. The van der Waals surface area contributed by atoms with E-state index in [0.29, 0.717) is 19.3 Å². The first kappa shape index (κ1) is 51.3. The minimum atomic E-state index is -0.818. The second-order valence-corrected chi connectivity index (χ2v) is 14.8. The molecule has 1 N–H and O–H groups in total. The summed E-state index contributed by atoms with van der Waals surface area (Å²) in [6.07, 6.45) is 59.9. The molecule has 0 aliphatic carbocycles. The Bertz CT molecular complexity index is 988. The molecule has 0 aliphatic heterocycles. The van der Waals surface area contributed by atoms with Crippen molar-refractivity contribution in [3.63, 3.8) is 0 Å². The number of allylic oxidation sites excluding steroid dienone is 12. The van der Waals surface area contributed by atoms with Crippen molar-refractivity contribution in [2.45, 2.75) is 213 Å². The summed E-state index contributed by atoms with van der Waals surface area (Å²) in [5.41, 5.74) is 0. The van der Waals surface area contributed by atoms with Crippen LogP contribution in [0.25, 0.3) is 0 Å². The Morgan fingerprint density at radius 3 is 1.22 bits per heavy atom. The van der Waals surface area contributed by atoms with Crippen LogP contribution < -0.4 is 0 Å². The quantitative estimate of drug-likeness (QED) is 0.0383. The Labute approximate surface area is 333 Å². The molecular weight excluding hydrogens is 669 g/mol. The molecule has 0 saturated heterocycles. The van der Waals surface area contributed by atoms with E-state index in [4.69, 9.17) is 9.47 Å². The van der Waals surface area contributed by atoms with Crippen LogP contribution in [0.5, 0.6) is 0 Å². The van der Waals surface area contributed by atoms with Crippen molar-refractivity contribution >= 4 is 11.9 Å². The molecule has 0 saturated carbocycles. The van der Waals surface area contributed by atoms with Gasteiger partial charge in [-0.15, -0.1) is 0 Å². The summed E-state index contributed by atoms with van der Waals surface area (Å²) in [6.45, 7) is 4.04. The minimum Gasteiger partial charge on any atom is -0.462 e. The normalized spacial score (nSPS) is 12.9. The van der Waals surface area contributed by atoms with Crippen molar-refractivity contribution in [2.24, 2.45) is 0 Å². The molecular formula is C49H84O5. The Balaban J connectivity index is 3.66. The van der Waals surface area contributed by atoms with Crippen molar-refractivity contribution in [3.05, 3.63) is 72.9 Å². The highest BCUT2D eigenvalue weighted by atomic mass is 16.6. The summed E-state index contributed by atoms with van der Waals surface area (Å²) >= 11 is 0. The fraction of sp³-hybridized carbons (Fsp3) is 0.714. The van der Waals surface area contributed by atoms with Crippen LogP contribution in [0.3, 0.4) is 0 Å². The highest BCUT2D eigenvalue weighted by Gasteiger charge is 2.15. The second-order valence-electron chi connectivity index (χ2n) is 14.8. The number of esters is 2. The van der Waals surface area contributed by atoms with E-state index in [9.17, 15) is 14.7 Å². The van der Waals surface area contributed by atoms with Crippen molar-refractivity contribution in [3.8, 4) is 0 Å². The second kappa shape index (κ2) is 44.7. The lowest BCUT2D eigenvalue weighted by Gasteiger charge is -2.15. The van der Waals surface area contributed by atoms with Gasteiger partial charge in [0.2, 0.25) is 0 Å². The van der Waals surface area contributed by atoms with Crippen LogP contribution in [0, 0.1) is 0 Å². The predicted molar refractivity (Wildman–Crippen MR) is 233 cm³/mol. The molecule has 5 heteroatoms. The van der Waals surface area contributed by atoms with Crippen LogP contribution >= 0.6 is 0 Å². The zero-order valence-corrected chi connectivity index (χ0v) is 35.2. The van der Waals surface area contributed by atoms with Gasteiger partial charge in [0.1, 0.15) is 6.61 Å². The zero-order valence-electron chi connectivity index (χ0n) is 35.2. The van der Waals surface area contributed by atoms with Crippen molar-refractivity contribution in [1.82, 2.24) is 0 Å². The molecule has 0 radical (unpaired) electrons. The molecule has 0 unspecified atom stereocenters. The van der Waals surface area contributed by atoms with Gasteiger partial charge < -0.3 is 14.6 Å². The monoisotopic (exact) mass is 753 g/mol. The number of hydrogen-bond donors (Lipinski definition) is 1. The molecule has 1 atom stereocenters. The van der Waals surface area contributed by atoms with Crippen molar-refractivity contribution in [2.75, 3.05) is 13.2 Å². The van der Waals surface area contributed by atoms with Crippen LogP contribution in [0.4, 0.5) is 0 Å². The molecule has 0 spiro atoms. The number of aliphatic hydroxyl groups excluding tert-OH is 1. The van der Waals surface area contributed by atoms with E-state index < -0.39 is 6.10 Å². The highest BCUT2D eigenvalue weighted by molar-refractivity contribution is 5.70. The average Bonchev–Trinajstić information content (AvgIpc) is 3.17. The van der Waals surface area contributed by atoms with Gasteiger partial charge in [0.05, 0.1) is 6.61 Å². The first-order valence-electron chi connectivity index (χ1n) is 22.5. The Kier molecular flexibility index (Phi) is 42.5. The molecule has 0 aliphatic rings. The van der Waals surface area contributed by atoms with Crippen molar-refractivity contribution in [1.29, 1.82) is 0 Å². The fourth-order valence-electron chi connectivity index (χ4n) is 6.04.